The number of nitrogens with zero attached hydrogens (tertiary/aromatic N) is 2. The number of H-pyrrole nitrogens is 1. The Morgan fingerprint density at radius 3 is 2.36 bits per heavy atom. The SMILES string of the molecule is Cc1c(-c2ccccc2)[nH]c(=O)n1C1CCN(C(C)C)CC1. The van der Waals surface area contributed by atoms with Crippen LogP contribution in [0.2, 0.25) is 0 Å². The van der Waals surface area contributed by atoms with Crippen LogP contribution in [-0.2, 0) is 0 Å². The van der Waals surface area contributed by atoms with Gasteiger partial charge in [0, 0.05) is 30.9 Å². The van der Waals surface area contributed by atoms with Crippen LogP contribution in [0.5, 0.6) is 0 Å². The van der Waals surface area contributed by atoms with Crippen LogP contribution >= 0.6 is 0 Å². The summed E-state index contributed by atoms with van der Waals surface area (Å²) >= 11 is 0. The molecule has 0 aliphatic carbocycles. The maximum Gasteiger partial charge on any atom is 0.326 e. The van der Waals surface area contributed by atoms with Gasteiger partial charge in [0.25, 0.3) is 0 Å². The summed E-state index contributed by atoms with van der Waals surface area (Å²) in [4.78, 5) is 18.0. The Kier molecular flexibility index (Phi) is 4.21. The average Bonchev–Trinajstić information content (AvgIpc) is 2.83. The third-order valence-corrected chi connectivity index (χ3v) is 4.83. The van der Waals surface area contributed by atoms with Crippen LogP contribution in [0, 0.1) is 6.92 Å². The molecule has 1 saturated heterocycles. The van der Waals surface area contributed by atoms with Crippen LogP contribution in [0.25, 0.3) is 11.3 Å². The summed E-state index contributed by atoms with van der Waals surface area (Å²) in [7, 11) is 0. The second-order valence-corrected chi connectivity index (χ2v) is 6.49. The molecule has 1 aliphatic heterocycles. The van der Waals surface area contributed by atoms with E-state index in [2.05, 4.69) is 30.7 Å². The van der Waals surface area contributed by atoms with E-state index in [9.17, 15) is 4.79 Å². The van der Waals surface area contributed by atoms with Gasteiger partial charge in [-0.05, 0) is 39.2 Å². The Balaban J connectivity index is 1.87. The van der Waals surface area contributed by atoms with Crippen molar-refractivity contribution in [2.24, 2.45) is 0 Å². The summed E-state index contributed by atoms with van der Waals surface area (Å²) in [6.45, 7) is 8.66. The highest BCUT2D eigenvalue weighted by molar-refractivity contribution is 5.61. The zero-order valence-corrected chi connectivity index (χ0v) is 13.7. The van der Waals surface area contributed by atoms with E-state index in [1.807, 2.05) is 34.9 Å². The van der Waals surface area contributed by atoms with E-state index in [1.54, 1.807) is 0 Å². The molecule has 4 heteroatoms. The fourth-order valence-electron chi connectivity index (χ4n) is 3.52. The Morgan fingerprint density at radius 1 is 1.14 bits per heavy atom. The lowest BCUT2D eigenvalue weighted by molar-refractivity contribution is 0.150. The molecule has 0 saturated carbocycles. The highest BCUT2D eigenvalue weighted by Crippen LogP contribution is 2.27. The van der Waals surface area contributed by atoms with Crippen LogP contribution in [0.3, 0.4) is 0 Å². The van der Waals surface area contributed by atoms with Gasteiger partial charge in [0.1, 0.15) is 0 Å². The van der Waals surface area contributed by atoms with Gasteiger partial charge in [0.2, 0.25) is 0 Å². The van der Waals surface area contributed by atoms with Crippen molar-refractivity contribution in [2.45, 2.75) is 45.7 Å². The predicted octanol–water partition coefficient (Wildman–Crippen LogP) is 3.20. The zero-order chi connectivity index (χ0) is 15.7. The third kappa shape index (κ3) is 2.75. The maximum atomic E-state index is 12.4. The molecule has 3 rings (SSSR count). The number of imidazole rings is 1. The normalized spacial score (nSPS) is 17.3. The highest BCUT2D eigenvalue weighted by Gasteiger charge is 2.25. The molecular weight excluding hydrogens is 274 g/mol. The maximum absolute atomic E-state index is 12.4. The zero-order valence-electron chi connectivity index (χ0n) is 13.7. The Hall–Kier alpha value is -1.81. The first-order valence-corrected chi connectivity index (χ1v) is 8.18. The molecule has 1 aliphatic rings. The molecule has 1 aromatic carbocycles. The number of rotatable bonds is 3. The molecule has 0 radical (unpaired) electrons. The molecule has 0 unspecified atom stereocenters. The van der Waals surface area contributed by atoms with Crippen molar-refractivity contribution >= 4 is 0 Å². The van der Waals surface area contributed by atoms with Crippen molar-refractivity contribution in [3.05, 3.63) is 46.5 Å². The minimum absolute atomic E-state index is 0.0272. The number of hydrogen-bond donors (Lipinski definition) is 1. The van der Waals surface area contributed by atoms with E-state index in [1.165, 1.54) is 0 Å². The lowest BCUT2D eigenvalue weighted by Crippen LogP contribution is -2.40. The molecule has 1 fully saturated rings. The topological polar surface area (TPSA) is 41.0 Å². The van der Waals surface area contributed by atoms with E-state index in [-0.39, 0.29) is 5.69 Å². The Morgan fingerprint density at radius 2 is 1.77 bits per heavy atom. The Labute approximate surface area is 131 Å². The molecule has 1 N–H and O–H groups in total. The molecule has 0 spiro atoms. The molecular formula is C18H25N3O. The molecule has 22 heavy (non-hydrogen) atoms. The standard InChI is InChI=1S/C18H25N3O/c1-13(2)20-11-9-16(10-12-20)21-14(3)17(19-18(21)22)15-7-5-4-6-8-15/h4-8,13,16H,9-12H2,1-3H3,(H,19,22). The molecule has 118 valence electrons. The van der Waals surface area contributed by atoms with Crippen LogP contribution in [0.1, 0.15) is 38.4 Å². The molecule has 0 amide bonds. The minimum Gasteiger partial charge on any atom is -0.305 e. The molecule has 0 atom stereocenters. The van der Waals surface area contributed by atoms with Crippen molar-refractivity contribution < 1.29 is 0 Å². The van der Waals surface area contributed by atoms with E-state index >= 15 is 0 Å². The average molecular weight is 299 g/mol. The number of piperidine rings is 1. The van der Waals surface area contributed by atoms with E-state index in [0.717, 1.165) is 42.9 Å². The third-order valence-electron chi connectivity index (χ3n) is 4.83. The van der Waals surface area contributed by atoms with E-state index < -0.39 is 0 Å². The minimum atomic E-state index is 0.0272. The van der Waals surface area contributed by atoms with Crippen molar-refractivity contribution in [3.63, 3.8) is 0 Å². The van der Waals surface area contributed by atoms with Gasteiger partial charge in [-0.1, -0.05) is 30.3 Å². The van der Waals surface area contributed by atoms with Crippen LogP contribution in [-0.4, -0.2) is 33.6 Å². The summed E-state index contributed by atoms with van der Waals surface area (Å²) in [6, 6.07) is 11.0. The Bertz CT molecular complexity index is 676. The van der Waals surface area contributed by atoms with Gasteiger partial charge in [0.15, 0.2) is 0 Å². The number of likely N-dealkylation sites (tertiary alicyclic amines) is 1. The molecule has 2 heterocycles. The largest absolute Gasteiger partial charge is 0.326 e. The number of nitrogens with one attached hydrogen (secondary N) is 1. The van der Waals surface area contributed by atoms with Crippen molar-refractivity contribution in [1.29, 1.82) is 0 Å². The summed E-state index contributed by atoms with van der Waals surface area (Å²) < 4.78 is 1.97. The smallest absolute Gasteiger partial charge is 0.305 e. The first-order valence-electron chi connectivity index (χ1n) is 8.18. The van der Waals surface area contributed by atoms with Gasteiger partial charge >= 0.3 is 5.69 Å². The first kappa shape index (κ1) is 15.1. The van der Waals surface area contributed by atoms with Crippen LogP contribution in [0.15, 0.2) is 35.1 Å². The van der Waals surface area contributed by atoms with Crippen molar-refractivity contribution in [1.82, 2.24) is 14.5 Å². The number of benzene rings is 1. The quantitative estimate of drug-likeness (QED) is 0.945. The van der Waals surface area contributed by atoms with Crippen molar-refractivity contribution in [3.8, 4) is 11.3 Å². The molecule has 1 aromatic heterocycles. The monoisotopic (exact) mass is 299 g/mol. The summed E-state index contributed by atoms with van der Waals surface area (Å²) in [5, 5.41) is 0. The second kappa shape index (κ2) is 6.13. The molecule has 4 nitrogen and oxygen atoms in total. The van der Waals surface area contributed by atoms with E-state index in [0.29, 0.717) is 12.1 Å². The van der Waals surface area contributed by atoms with Gasteiger partial charge in [-0.2, -0.15) is 0 Å². The number of hydrogen-bond acceptors (Lipinski definition) is 2. The summed E-state index contributed by atoms with van der Waals surface area (Å²) in [5.74, 6) is 0. The molecule has 2 aromatic rings. The second-order valence-electron chi connectivity index (χ2n) is 6.49. The predicted molar refractivity (Wildman–Crippen MR) is 90.2 cm³/mol. The van der Waals surface area contributed by atoms with Gasteiger partial charge in [-0.3, -0.25) is 4.57 Å². The van der Waals surface area contributed by atoms with Crippen molar-refractivity contribution in [2.75, 3.05) is 13.1 Å². The molecule has 0 bridgehead atoms. The highest BCUT2D eigenvalue weighted by atomic mass is 16.1. The first-order chi connectivity index (χ1) is 10.6. The number of aromatic nitrogens is 2. The van der Waals surface area contributed by atoms with Gasteiger partial charge in [-0.15, -0.1) is 0 Å². The summed E-state index contributed by atoms with van der Waals surface area (Å²) in [6.07, 6.45) is 2.09. The number of aromatic amines is 1. The fraction of sp³-hybridized carbons (Fsp3) is 0.500. The van der Waals surface area contributed by atoms with Gasteiger partial charge < -0.3 is 9.88 Å². The lowest BCUT2D eigenvalue weighted by Gasteiger charge is -2.35. The lowest BCUT2D eigenvalue weighted by atomic mass is 10.0. The van der Waals surface area contributed by atoms with Crippen LogP contribution < -0.4 is 5.69 Å². The summed E-state index contributed by atoms with van der Waals surface area (Å²) in [5.41, 5.74) is 3.12. The fourth-order valence-corrected chi connectivity index (χ4v) is 3.52. The van der Waals surface area contributed by atoms with E-state index in [4.69, 9.17) is 0 Å². The van der Waals surface area contributed by atoms with Gasteiger partial charge in [0.05, 0.1) is 5.69 Å². The van der Waals surface area contributed by atoms with Crippen LogP contribution in [0.4, 0.5) is 0 Å². The van der Waals surface area contributed by atoms with Gasteiger partial charge in [-0.25, -0.2) is 4.79 Å².